The minimum Gasteiger partial charge on any atom is -0.279 e. The van der Waals surface area contributed by atoms with E-state index in [2.05, 4.69) is 11.6 Å². The van der Waals surface area contributed by atoms with Crippen molar-refractivity contribution in [1.29, 1.82) is 0 Å². The number of nitrogens with zero attached hydrogens (tertiary/aromatic N) is 1. The summed E-state index contributed by atoms with van der Waals surface area (Å²) in [4.78, 5) is 16.0. The molecule has 0 saturated heterocycles. The smallest absolute Gasteiger partial charge is 0.244 e. The van der Waals surface area contributed by atoms with Crippen LogP contribution in [0.2, 0.25) is 0 Å². The van der Waals surface area contributed by atoms with Gasteiger partial charge in [0.05, 0.1) is 0 Å². The third-order valence-corrected chi connectivity index (χ3v) is 4.27. The number of hydrogen-bond acceptors (Lipinski definition) is 4. The lowest BCUT2D eigenvalue weighted by Gasteiger charge is -1.90. The summed E-state index contributed by atoms with van der Waals surface area (Å²) < 4.78 is 0.796. The van der Waals surface area contributed by atoms with Gasteiger partial charge in [0.15, 0.2) is 0 Å². The fourth-order valence-electron chi connectivity index (χ4n) is 1.41. The molecule has 0 fully saturated rings. The fraction of sp³-hybridized carbons (Fsp3) is 0.0667. The zero-order chi connectivity index (χ0) is 13.5. The van der Waals surface area contributed by atoms with E-state index in [0.29, 0.717) is 5.70 Å². The number of thioether (sulfide) groups is 2. The minimum atomic E-state index is 0.00396. The van der Waals surface area contributed by atoms with Crippen molar-refractivity contribution in [2.75, 3.05) is 5.75 Å². The molecule has 0 N–H and O–H groups in total. The SMILES string of the molecule is C=CCSC1=N/C(=C\C=C\c2ccccc2)C(=O)S1. The molecule has 0 unspecified atom stereocenters. The molecule has 4 heteroatoms. The quantitative estimate of drug-likeness (QED) is 0.616. The van der Waals surface area contributed by atoms with Crippen LogP contribution in [0.4, 0.5) is 0 Å². The van der Waals surface area contributed by atoms with Gasteiger partial charge in [-0.2, -0.15) is 0 Å². The van der Waals surface area contributed by atoms with Crippen molar-refractivity contribution in [3.05, 3.63) is 66.4 Å². The van der Waals surface area contributed by atoms with Gasteiger partial charge in [0.2, 0.25) is 5.12 Å². The van der Waals surface area contributed by atoms with Crippen LogP contribution in [0, 0.1) is 0 Å². The lowest BCUT2D eigenvalue weighted by molar-refractivity contribution is -0.107. The van der Waals surface area contributed by atoms with Gasteiger partial charge in [0, 0.05) is 5.75 Å². The number of aliphatic imine (C=N–C) groups is 1. The predicted octanol–water partition coefficient (Wildman–Crippen LogP) is 4.13. The summed E-state index contributed by atoms with van der Waals surface area (Å²) in [5.74, 6) is 0.770. The Kier molecular flexibility index (Phi) is 5.24. The molecule has 96 valence electrons. The molecule has 1 aromatic rings. The van der Waals surface area contributed by atoms with E-state index in [4.69, 9.17) is 0 Å². The van der Waals surface area contributed by atoms with Crippen molar-refractivity contribution in [1.82, 2.24) is 0 Å². The molecule has 0 aliphatic carbocycles. The Morgan fingerprint density at radius 1 is 1.32 bits per heavy atom. The minimum absolute atomic E-state index is 0.00396. The molecule has 0 radical (unpaired) electrons. The molecule has 1 aliphatic rings. The van der Waals surface area contributed by atoms with Gasteiger partial charge in [-0.15, -0.1) is 6.58 Å². The first kappa shape index (κ1) is 13.9. The van der Waals surface area contributed by atoms with E-state index >= 15 is 0 Å². The molecule has 2 rings (SSSR count). The van der Waals surface area contributed by atoms with Crippen LogP contribution in [0.25, 0.3) is 6.08 Å². The molecule has 0 bridgehead atoms. The predicted molar refractivity (Wildman–Crippen MR) is 86.2 cm³/mol. The van der Waals surface area contributed by atoms with Gasteiger partial charge < -0.3 is 0 Å². The van der Waals surface area contributed by atoms with E-state index < -0.39 is 0 Å². The second-order valence-electron chi connectivity index (χ2n) is 3.69. The maximum absolute atomic E-state index is 11.7. The first-order valence-corrected chi connectivity index (χ1v) is 7.58. The van der Waals surface area contributed by atoms with Crippen molar-refractivity contribution < 1.29 is 4.79 Å². The second-order valence-corrected chi connectivity index (χ2v) is 5.92. The first-order valence-electron chi connectivity index (χ1n) is 5.77. The van der Waals surface area contributed by atoms with E-state index in [-0.39, 0.29) is 5.12 Å². The number of carbonyl (C=O) groups excluding carboxylic acids is 1. The molecular weight excluding hydrogens is 274 g/mol. The summed E-state index contributed by atoms with van der Waals surface area (Å²) >= 11 is 2.71. The Morgan fingerprint density at radius 3 is 2.84 bits per heavy atom. The first-order chi connectivity index (χ1) is 9.29. The summed E-state index contributed by atoms with van der Waals surface area (Å²) in [7, 11) is 0. The van der Waals surface area contributed by atoms with E-state index in [1.807, 2.05) is 42.5 Å². The lowest BCUT2D eigenvalue weighted by atomic mass is 10.2. The largest absolute Gasteiger partial charge is 0.279 e. The van der Waals surface area contributed by atoms with Crippen LogP contribution in [0.3, 0.4) is 0 Å². The van der Waals surface area contributed by atoms with E-state index in [1.54, 1.807) is 12.2 Å². The average molecular weight is 287 g/mol. The highest BCUT2D eigenvalue weighted by Crippen LogP contribution is 2.29. The number of benzene rings is 1. The Labute approximate surface area is 121 Å². The van der Waals surface area contributed by atoms with Crippen LogP contribution in [0.1, 0.15) is 5.56 Å². The Morgan fingerprint density at radius 2 is 2.11 bits per heavy atom. The van der Waals surface area contributed by atoms with Gasteiger partial charge in [0.1, 0.15) is 10.1 Å². The second kappa shape index (κ2) is 7.16. The number of hydrogen-bond donors (Lipinski definition) is 0. The highest BCUT2D eigenvalue weighted by molar-refractivity contribution is 8.45. The highest BCUT2D eigenvalue weighted by atomic mass is 32.2. The molecule has 0 aromatic heterocycles. The molecule has 0 spiro atoms. The third kappa shape index (κ3) is 4.26. The maximum Gasteiger partial charge on any atom is 0.244 e. The van der Waals surface area contributed by atoms with Crippen molar-refractivity contribution in [3.8, 4) is 0 Å². The summed E-state index contributed by atoms with van der Waals surface area (Å²) in [5.41, 5.74) is 1.60. The van der Waals surface area contributed by atoms with Gasteiger partial charge in [0.25, 0.3) is 0 Å². The normalized spacial score (nSPS) is 17.2. The van der Waals surface area contributed by atoms with Gasteiger partial charge in [-0.1, -0.05) is 60.3 Å². The van der Waals surface area contributed by atoms with Crippen molar-refractivity contribution >= 4 is 39.1 Å². The molecule has 0 amide bonds. The maximum atomic E-state index is 11.7. The molecule has 19 heavy (non-hydrogen) atoms. The molecule has 1 aliphatic heterocycles. The zero-order valence-corrected chi connectivity index (χ0v) is 11.9. The van der Waals surface area contributed by atoms with Crippen LogP contribution < -0.4 is 0 Å². The van der Waals surface area contributed by atoms with Gasteiger partial charge >= 0.3 is 0 Å². The van der Waals surface area contributed by atoms with E-state index in [0.717, 1.165) is 15.7 Å². The Bertz CT molecular complexity index is 559. The van der Waals surface area contributed by atoms with Crippen LogP contribution in [-0.4, -0.2) is 15.2 Å². The molecule has 1 aromatic carbocycles. The van der Waals surface area contributed by atoms with Crippen LogP contribution in [-0.2, 0) is 4.79 Å². The topological polar surface area (TPSA) is 29.4 Å². The Hall–Kier alpha value is -1.52. The van der Waals surface area contributed by atoms with Gasteiger partial charge in [-0.25, -0.2) is 4.99 Å². The van der Waals surface area contributed by atoms with Crippen LogP contribution in [0.15, 0.2) is 65.8 Å². The van der Waals surface area contributed by atoms with Crippen LogP contribution in [0.5, 0.6) is 0 Å². The molecule has 1 heterocycles. The average Bonchev–Trinajstić information content (AvgIpc) is 2.78. The zero-order valence-electron chi connectivity index (χ0n) is 10.3. The fourth-order valence-corrected chi connectivity index (χ4v) is 3.02. The van der Waals surface area contributed by atoms with Crippen molar-refractivity contribution in [2.24, 2.45) is 4.99 Å². The standard InChI is InChI=1S/C15H13NOS2/c1-2-11-18-15-16-13(14(17)19-15)10-6-9-12-7-4-3-5-8-12/h2-10H,1,11H2/b9-6+,13-10-. The third-order valence-electron chi connectivity index (χ3n) is 2.27. The van der Waals surface area contributed by atoms with Gasteiger partial charge in [-0.3, -0.25) is 4.79 Å². The van der Waals surface area contributed by atoms with E-state index in [1.165, 1.54) is 23.5 Å². The molecule has 0 saturated carbocycles. The molecular formula is C15H13NOS2. The summed E-state index contributed by atoms with van der Waals surface area (Å²) in [6, 6.07) is 9.95. The van der Waals surface area contributed by atoms with Crippen LogP contribution >= 0.6 is 23.5 Å². The van der Waals surface area contributed by atoms with Gasteiger partial charge in [-0.05, 0) is 23.4 Å². The molecule has 2 nitrogen and oxygen atoms in total. The van der Waals surface area contributed by atoms with E-state index in [9.17, 15) is 4.79 Å². The number of carbonyl (C=O) groups is 1. The van der Waals surface area contributed by atoms with Crippen molar-refractivity contribution in [3.63, 3.8) is 0 Å². The summed E-state index contributed by atoms with van der Waals surface area (Å²) in [5, 5.41) is 0.00396. The summed E-state index contributed by atoms with van der Waals surface area (Å²) in [6.07, 6.45) is 7.36. The monoisotopic (exact) mass is 287 g/mol. The van der Waals surface area contributed by atoms with Crippen molar-refractivity contribution in [2.45, 2.75) is 0 Å². The number of rotatable bonds is 4. The molecule has 0 atom stereocenters. The highest BCUT2D eigenvalue weighted by Gasteiger charge is 2.21. The Balaban J connectivity index is 2.03. The summed E-state index contributed by atoms with van der Waals surface area (Å²) in [6.45, 7) is 3.65. The number of allylic oxidation sites excluding steroid dienone is 2. The lowest BCUT2D eigenvalue weighted by Crippen LogP contribution is -1.87.